The van der Waals surface area contributed by atoms with Gasteiger partial charge in [-0.15, -0.1) is 0 Å². The van der Waals surface area contributed by atoms with Crippen LogP contribution in [-0.4, -0.2) is 11.5 Å². The maximum Gasteiger partial charge on any atom is 0.222 e. The summed E-state index contributed by atoms with van der Waals surface area (Å²) in [6.07, 6.45) is 3.01. The summed E-state index contributed by atoms with van der Waals surface area (Å²) in [6, 6.07) is 10.1. The fourth-order valence-corrected chi connectivity index (χ4v) is 2.21. The van der Waals surface area contributed by atoms with E-state index < -0.39 is 0 Å². The molecule has 0 unspecified atom stereocenters. The molecule has 0 amide bonds. The average molecular weight is 382 g/mol. The molecule has 0 aliphatic carbocycles. The molecule has 2 rings (SSSR count). The molecule has 20 heavy (non-hydrogen) atoms. The van der Waals surface area contributed by atoms with Crippen LogP contribution in [0.1, 0.15) is 24.5 Å². The molecule has 4 heteroatoms. The molecule has 1 aromatic carbocycles. The van der Waals surface area contributed by atoms with Gasteiger partial charge in [0.1, 0.15) is 5.75 Å². The van der Waals surface area contributed by atoms with Gasteiger partial charge in [0.2, 0.25) is 5.88 Å². The van der Waals surface area contributed by atoms with Gasteiger partial charge in [-0.25, -0.2) is 4.98 Å². The highest BCUT2D eigenvalue weighted by molar-refractivity contribution is 14.1. The lowest BCUT2D eigenvalue weighted by Crippen LogP contribution is -2.14. The Morgan fingerprint density at radius 1 is 1.25 bits per heavy atom. The molecule has 1 aromatic heterocycles. The minimum Gasteiger partial charge on any atom is -0.439 e. The Bertz CT molecular complexity index is 555. The average Bonchev–Trinajstić information content (AvgIpc) is 2.44. The first kappa shape index (κ1) is 15.3. The van der Waals surface area contributed by atoms with Crippen molar-refractivity contribution in [3.8, 4) is 11.6 Å². The molecule has 0 atom stereocenters. The summed E-state index contributed by atoms with van der Waals surface area (Å²) < 4.78 is 7.00. The fourth-order valence-electron chi connectivity index (χ4n) is 1.85. The Morgan fingerprint density at radius 2 is 2.00 bits per heavy atom. The van der Waals surface area contributed by atoms with Gasteiger partial charge in [-0.2, -0.15) is 0 Å². The molecule has 106 valence electrons. The van der Waals surface area contributed by atoms with Gasteiger partial charge in [0.05, 0.1) is 0 Å². The monoisotopic (exact) mass is 382 g/mol. The molecule has 0 bridgehead atoms. The molecule has 0 saturated heterocycles. The molecule has 1 N–H and O–H groups in total. The summed E-state index contributed by atoms with van der Waals surface area (Å²) in [4.78, 5) is 4.41. The molecule has 0 aliphatic rings. The molecular weight excluding hydrogens is 363 g/mol. The number of benzene rings is 1. The van der Waals surface area contributed by atoms with E-state index in [1.54, 1.807) is 0 Å². The molecule has 3 nitrogen and oxygen atoms in total. The van der Waals surface area contributed by atoms with Crippen LogP contribution >= 0.6 is 22.6 Å². The van der Waals surface area contributed by atoms with Crippen LogP contribution in [0, 0.1) is 10.5 Å². The van der Waals surface area contributed by atoms with Crippen molar-refractivity contribution < 1.29 is 4.74 Å². The number of nitrogens with zero attached hydrogens (tertiary/aromatic N) is 1. The van der Waals surface area contributed by atoms with E-state index in [1.165, 1.54) is 9.13 Å². The molecule has 2 aromatic rings. The van der Waals surface area contributed by atoms with Crippen molar-refractivity contribution in [2.45, 2.75) is 26.8 Å². The second-order valence-electron chi connectivity index (χ2n) is 4.70. The van der Waals surface area contributed by atoms with Crippen molar-refractivity contribution in [1.82, 2.24) is 10.3 Å². The molecule has 1 heterocycles. The summed E-state index contributed by atoms with van der Waals surface area (Å²) >= 11 is 2.28. The lowest BCUT2D eigenvalue weighted by molar-refractivity contribution is 0.458. The number of aromatic nitrogens is 1. The van der Waals surface area contributed by atoms with Crippen LogP contribution in [0.25, 0.3) is 0 Å². The number of nitrogens with one attached hydrogen (secondary N) is 1. The van der Waals surface area contributed by atoms with Crippen LogP contribution in [0.15, 0.2) is 36.5 Å². The summed E-state index contributed by atoms with van der Waals surface area (Å²) in [7, 11) is 0. The molecule has 0 radical (unpaired) electrons. The van der Waals surface area contributed by atoms with Crippen LogP contribution in [0.3, 0.4) is 0 Å². The van der Waals surface area contributed by atoms with Gasteiger partial charge in [0.15, 0.2) is 0 Å². The highest BCUT2D eigenvalue weighted by atomic mass is 127. The smallest absolute Gasteiger partial charge is 0.222 e. The van der Waals surface area contributed by atoms with E-state index in [0.717, 1.165) is 30.8 Å². The van der Waals surface area contributed by atoms with Gasteiger partial charge in [0, 0.05) is 21.9 Å². The Morgan fingerprint density at radius 3 is 2.65 bits per heavy atom. The van der Waals surface area contributed by atoms with Gasteiger partial charge in [-0.05, 0) is 78.4 Å². The third kappa shape index (κ3) is 4.45. The van der Waals surface area contributed by atoms with E-state index in [1.807, 2.05) is 37.4 Å². The molecular formula is C16H19IN2O. The third-order valence-corrected chi connectivity index (χ3v) is 3.59. The van der Waals surface area contributed by atoms with Crippen LogP contribution in [0.2, 0.25) is 0 Å². The van der Waals surface area contributed by atoms with E-state index in [2.05, 4.69) is 45.9 Å². The summed E-state index contributed by atoms with van der Waals surface area (Å²) in [5.74, 6) is 1.49. The predicted octanol–water partition coefficient (Wildman–Crippen LogP) is 4.29. The van der Waals surface area contributed by atoms with Crippen molar-refractivity contribution >= 4 is 22.6 Å². The SMILES string of the molecule is CCCNCc1cnc(Oc2ccc(I)cc2)c(C)c1. The van der Waals surface area contributed by atoms with E-state index in [4.69, 9.17) is 4.74 Å². The lowest BCUT2D eigenvalue weighted by Gasteiger charge is -2.09. The highest BCUT2D eigenvalue weighted by Crippen LogP contribution is 2.23. The largest absolute Gasteiger partial charge is 0.439 e. The minimum atomic E-state index is 0.672. The maximum atomic E-state index is 5.81. The van der Waals surface area contributed by atoms with Crippen molar-refractivity contribution in [3.05, 3.63) is 51.2 Å². The number of hydrogen-bond donors (Lipinski definition) is 1. The molecule has 0 saturated carbocycles. The topological polar surface area (TPSA) is 34.2 Å². The summed E-state index contributed by atoms with van der Waals surface area (Å²) in [6.45, 7) is 6.07. The molecule has 0 spiro atoms. The van der Waals surface area contributed by atoms with Crippen molar-refractivity contribution in [1.29, 1.82) is 0 Å². The number of halogens is 1. The van der Waals surface area contributed by atoms with Crippen molar-refractivity contribution in [3.63, 3.8) is 0 Å². The normalized spacial score (nSPS) is 10.6. The Kier molecular flexibility index (Phi) is 5.79. The third-order valence-electron chi connectivity index (χ3n) is 2.87. The highest BCUT2D eigenvalue weighted by Gasteiger charge is 2.04. The van der Waals surface area contributed by atoms with Crippen molar-refractivity contribution in [2.75, 3.05) is 6.54 Å². The Labute approximate surface area is 133 Å². The number of rotatable bonds is 6. The number of ether oxygens (including phenoxy) is 1. The van der Waals surface area contributed by atoms with E-state index in [-0.39, 0.29) is 0 Å². The lowest BCUT2D eigenvalue weighted by atomic mass is 10.2. The minimum absolute atomic E-state index is 0.672. The van der Waals surface area contributed by atoms with Crippen LogP contribution in [-0.2, 0) is 6.54 Å². The van der Waals surface area contributed by atoms with Gasteiger partial charge >= 0.3 is 0 Å². The Balaban J connectivity index is 2.03. The first-order valence-corrected chi connectivity index (χ1v) is 7.86. The van der Waals surface area contributed by atoms with Crippen LogP contribution < -0.4 is 10.1 Å². The summed E-state index contributed by atoms with van der Waals surface area (Å²) in [5.41, 5.74) is 2.24. The number of hydrogen-bond acceptors (Lipinski definition) is 3. The molecule has 0 aliphatic heterocycles. The standard InChI is InChI=1S/C16H19IN2O/c1-3-8-18-10-13-9-12(2)16(19-11-13)20-15-6-4-14(17)5-7-15/h4-7,9,11,18H,3,8,10H2,1-2H3. The summed E-state index contributed by atoms with van der Waals surface area (Å²) in [5, 5.41) is 3.37. The van der Waals surface area contributed by atoms with E-state index in [9.17, 15) is 0 Å². The van der Waals surface area contributed by atoms with Gasteiger partial charge in [-0.3, -0.25) is 0 Å². The number of pyridine rings is 1. The van der Waals surface area contributed by atoms with E-state index in [0.29, 0.717) is 5.88 Å². The fraction of sp³-hybridized carbons (Fsp3) is 0.312. The number of aryl methyl sites for hydroxylation is 1. The first-order valence-electron chi connectivity index (χ1n) is 6.78. The zero-order valence-corrected chi connectivity index (χ0v) is 14.0. The van der Waals surface area contributed by atoms with Crippen LogP contribution in [0.4, 0.5) is 0 Å². The maximum absolute atomic E-state index is 5.81. The zero-order valence-electron chi connectivity index (χ0n) is 11.8. The van der Waals surface area contributed by atoms with Gasteiger partial charge < -0.3 is 10.1 Å². The zero-order chi connectivity index (χ0) is 14.4. The second-order valence-corrected chi connectivity index (χ2v) is 5.94. The predicted molar refractivity (Wildman–Crippen MR) is 90.2 cm³/mol. The molecule has 0 fully saturated rings. The van der Waals surface area contributed by atoms with Crippen LogP contribution in [0.5, 0.6) is 11.6 Å². The van der Waals surface area contributed by atoms with E-state index >= 15 is 0 Å². The Hall–Kier alpha value is -1.14. The first-order chi connectivity index (χ1) is 9.69. The van der Waals surface area contributed by atoms with Gasteiger partial charge in [-0.1, -0.05) is 6.92 Å². The van der Waals surface area contributed by atoms with Gasteiger partial charge in [0.25, 0.3) is 0 Å². The quantitative estimate of drug-likeness (QED) is 0.598. The second kappa shape index (κ2) is 7.59. The van der Waals surface area contributed by atoms with Crippen molar-refractivity contribution in [2.24, 2.45) is 0 Å².